The highest BCUT2D eigenvalue weighted by Crippen LogP contribution is 2.34. The van der Waals surface area contributed by atoms with Crippen molar-refractivity contribution in [3.8, 4) is 0 Å². The predicted molar refractivity (Wildman–Crippen MR) is 80.3 cm³/mol. The number of carbonyl (C=O) groups is 3. The monoisotopic (exact) mass is 312 g/mol. The van der Waals surface area contributed by atoms with Crippen molar-refractivity contribution < 1.29 is 24.2 Å². The molecule has 1 N–H and O–H groups in total. The van der Waals surface area contributed by atoms with E-state index >= 15 is 0 Å². The average molecular weight is 312 g/mol. The van der Waals surface area contributed by atoms with Gasteiger partial charge in [-0.15, -0.1) is 0 Å². The van der Waals surface area contributed by atoms with Gasteiger partial charge < -0.3 is 19.6 Å². The molecule has 124 valence electrons. The number of ether oxygens (including phenoxy) is 1. The van der Waals surface area contributed by atoms with Gasteiger partial charge in [0.2, 0.25) is 0 Å². The molecule has 7 heteroatoms. The summed E-state index contributed by atoms with van der Waals surface area (Å²) in [6.45, 7) is 4.23. The lowest BCUT2D eigenvalue weighted by molar-refractivity contribution is -0.142. The number of nitrogens with zero attached hydrogens (tertiary/aromatic N) is 2. The molecule has 0 aromatic rings. The molecule has 0 atom stereocenters. The van der Waals surface area contributed by atoms with E-state index in [9.17, 15) is 14.4 Å². The minimum absolute atomic E-state index is 0.0122. The second kappa shape index (κ2) is 7.29. The maximum Gasteiger partial charge on any atom is 0.407 e. The van der Waals surface area contributed by atoms with Crippen molar-refractivity contribution in [3.05, 3.63) is 11.8 Å². The maximum absolute atomic E-state index is 12.8. The first kappa shape index (κ1) is 18.0. The Morgan fingerprint density at radius 1 is 1.27 bits per heavy atom. The summed E-state index contributed by atoms with van der Waals surface area (Å²) in [5.41, 5.74) is -0.737. The van der Waals surface area contributed by atoms with Crippen LogP contribution in [0.3, 0.4) is 0 Å². The second-order valence-electron chi connectivity index (χ2n) is 5.89. The number of hydrogen-bond donors (Lipinski definition) is 1. The number of esters is 1. The first-order valence-corrected chi connectivity index (χ1v) is 7.29. The third-order valence-corrected chi connectivity index (χ3v) is 3.81. The number of likely N-dealkylation sites (tertiary alicyclic amines) is 1. The van der Waals surface area contributed by atoms with Gasteiger partial charge in [-0.1, -0.05) is 6.92 Å². The number of carboxylic acid groups (broad SMARTS) is 1. The van der Waals surface area contributed by atoms with Gasteiger partial charge in [-0.2, -0.15) is 0 Å². The first-order valence-electron chi connectivity index (χ1n) is 7.29. The molecule has 0 unspecified atom stereocenters. The van der Waals surface area contributed by atoms with Crippen LogP contribution in [0.2, 0.25) is 0 Å². The number of amides is 1. The lowest BCUT2D eigenvalue weighted by Crippen LogP contribution is -2.46. The highest BCUT2D eigenvalue weighted by Gasteiger charge is 2.41. The lowest BCUT2D eigenvalue weighted by Gasteiger charge is -2.37. The summed E-state index contributed by atoms with van der Waals surface area (Å²) < 4.78 is 4.96. The maximum atomic E-state index is 12.8. The molecule has 0 radical (unpaired) electrons. The number of carbonyl (C=O) groups excluding carboxylic acids is 2. The van der Waals surface area contributed by atoms with Crippen LogP contribution in [0, 0.1) is 5.41 Å². The summed E-state index contributed by atoms with van der Waals surface area (Å²) in [6.07, 6.45) is 1.27. The van der Waals surface area contributed by atoms with Gasteiger partial charge >= 0.3 is 12.1 Å². The van der Waals surface area contributed by atoms with Crippen LogP contribution in [0.4, 0.5) is 4.79 Å². The molecule has 1 fully saturated rings. The van der Waals surface area contributed by atoms with Gasteiger partial charge in [-0.05, 0) is 19.8 Å². The molecular weight excluding hydrogens is 288 g/mol. The fourth-order valence-corrected chi connectivity index (χ4v) is 2.41. The number of ketones is 1. The van der Waals surface area contributed by atoms with Crippen LogP contribution in [0.25, 0.3) is 0 Å². The minimum Gasteiger partial charge on any atom is -0.465 e. The van der Waals surface area contributed by atoms with E-state index in [1.54, 1.807) is 32.8 Å². The number of piperidine rings is 1. The average Bonchev–Trinajstić information content (AvgIpc) is 2.44. The van der Waals surface area contributed by atoms with E-state index in [-0.39, 0.29) is 31.1 Å². The van der Waals surface area contributed by atoms with E-state index in [2.05, 4.69) is 0 Å². The smallest absolute Gasteiger partial charge is 0.407 e. The molecule has 1 saturated heterocycles. The molecule has 7 nitrogen and oxygen atoms in total. The molecule has 0 spiro atoms. The molecule has 0 bridgehead atoms. The van der Waals surface area contributed by atoms with Gasteiger partial charge in [0.1, 0.15) is 5.57 Å². The van der Waals surface area contributed by atoms with E-state index < -0.39 is 17.5 Å². The van der Waals surface area contributed by atoms with Crippen LogP contribution in [0.15, 0.2) is 11.8 Å². The summed E-state index contributed by atoms with van der Waals surface area (Å²) in [6, 6.07) is 0. The molecular formula is C15H24N2O5. The zero-order chi connectivity index (χ0) is 16.9. The SMILES string of the molecule is CCOC(=O)C(=CN(C)C)C(=O)C1(C)CCN(C(=O)O)CC1. The van der Waals surface area contributed by atoms with E-state index in [0.29, 0.717) is 12.8 Å². The number of hydrogen-bond acceptors (Lipinski definition) is 5. The fraction of sp³-hybridized carbons (Fsp3) is 0.667. The van der Waals surface area contributed by atoms with Crippen LogP contribution < -0.4 is 0 Å². The Kier molecular flexibility index (Phi) is 5.96. The standard InChI is InChI=1S/C15H24N2O5/c1-5-22-13(19)11(10-16(3)4)12(18)15(2)6-8-17(9-7-15)14(20)21/h10H,5-9H2,1-4H3,(H,20,21). The van der Waals surface area contributed by atoms with Gasteiger partial charge in [0.15, 0.2) is 5.78 Å². The molecule has 0 saturated carbocycles. The Morgan fingerprint density at radius 2 is 1.82 bits per heavy atom. The van der Waals surface area contributed by atoms with E-state index in [0.717, 1.165) is 0 Å². The molecule has 1 heterocycles. The van der Waals surface area contributed by atoms with Crippen LogP contribution in [0.1, 0.15) is 26.7 Å². The van der Waals surface area contributed by atoms with Crippen molar-refractivity contribution in [2.75, 3.05) is 33.8 Å². The van der Waals surface area contributed by atoms with Crippen LogP contribution >= 0.6 is 0 Å². The number of Topliss-reactive ketones (excluding diaryl/α,β-unsaturated/α-hetero) is 1. The molecule has 0 aromatic carbocycles. The second-order valence-corrected chi connectivity index (χ2v) is 5.89. The van der Waals surface area contributed by atoms with E-state index in [4.69, 9.17) is 9.84 Å². The Morgan fingerprint density at radius 3 is 2.23 bits per heavy atom. The number of rotatable bonds is 5. The fourth-order valence-electron chi connectivity index (χ4n) is 2.41. The van der Waals surface area contributed by atoms with Gasteiger partial charge in [-0.3, -0.25) is 4.79 Å². The van der Waals surface area contributed by atoms with Crippen LogP contribution in [-0.4, -0.2) is 66.5 Å². The zero-order valence-corrected chi connectivity index (χ0v) is 13.6. The van der Waals surface area contributed by atoms with Crippen molar-refractivity contribution in [1.29, 1.82) is 0 Å². The highest BCUT2D eigenvalue weighted by molar-refractivity contribution is 6.19. The Balaban J connectivity index is 2.95. The quantitative estimate of drug-likeness (QED) is 0.357. The summed E-state index contributed by atoms with van der Waals surface area (Å²) in [4.78, 5) is 38.7. The molecule has 1 aliphatic rings. The minimum atomic E-state index is -0.982. The third kappa shape index (κ3) is 4.22. The van der Waals surface area contributed by atoms with Gasteiger partial charge in [-0.25, -0.2) is 9.59 Å². The van der Waals surface area contributed by atoms with Crippen molar-refractivity contribution in [2.24, 2.45) is 5.41 Å². The van der Waals surface area contributed by atoms with Crippen LogP contribution in [-0.2, 0) is 14.3 Å². The summed E-state index contributed by atoms with van der Waals surface area (Å²) >= 11 is 0. The molecule has 1 rings (SSSR count). The largest absolute Gasteiger partial charge is 0.465 e. The highest BCUT2D eigenvalue weighted by atomic mass is 16.5. The van der Waals surface area contributed by atoms with Gasteiger partial charge in [0.25, 0.3) is 0 Å². The summed E-state index contributed by atoms with van der Waals surface area (Å²) in [7, 11) is 3.45. The van der Waals surface area contributed by atoms with Crippen molar-refractivity contribution in [1.82, 2.24) is 9.80 Å². The summed E-state index contributed by atoms with van der Waals surface area (Å²) in [5.74, 6) is -0.923. The third-order valence-electron chi connectivity index (χ3n) is 3.81. The van der Waals surface area contributed by atoms with Gasteiger partial charge in [0.05, 0.1) is 6.61 Å². The Labute approximate surface area is 130 Å². The van der Waals surface area contributed by atoms with Gasteiger partial charge in [0, 0.05) is 38.8 Å². The molecule has 0 aliphatic carbocycles. The Bertz CT molecular complexity index is 476. The van der Waals surface area contributed by atoms with E-state index in [1.165, 1.54) is 11.1 Å². The van der Waals surface area contributed by atoms with E-state index in [1.807, 2.05) is 0 Å². The summed E-state index contributed by atoms with van der Waals surface area (Å²) in [5, 5.41) is 8.98. The molecule has 0 aromatic heterocycles. The molecule has 22 heavy (non-hydrogen) atoms. The topological polar surface area (TPSA) is 87.2 Å². The molecule has 1 aliphatic heterocycles. The Hall–Kier alpha value is -2.05. The van der Waals surface area contributed by atoms with Crippen molar-refractivity contribution >= 4 is 17.8 Å². The van der Waals surface area contributed by atoms with Crippen molar-refractivity contribution in [2.45, 2.75) is 26.7 Å². The normalized spacial score (nSPS) is 17.8. The zero-order valence-electron chi connectivity index (χ0n) is 13.6. The lowest BCUT2D eigenvalue weighted by atomic mass is 9.74. The van der Waals surface area contributed by atoms with Crippen molar-refractivity contribution in [3.63, 3.8) is 0 Å². The first-order chi connectivity index (χ1) is 10.2. The predicted octanol–water partition coefficient (Wildman–Crippen LogP) is 1.34. The van der Waals surface area contributed by atoms with Crippen LogP contribution in [0.5, 0.6) is 0 Å². The molecule has 1 amide bonds.